The summed E-state index contributed by atoms with van der Waals surface area (Å²) in [5, 5.41) is 11.7. The molecule has 3 aliphatic heterocycles. The van der Waals surface area contributed by atoms with Crippen molar-refractivity contribution in [2.24, 2.45) is 0 Å². The number of carbonyl (C=O) groups excluding carboxylic acids is 3. The average Bonchev–Trinajstić information content (AvgIpc) is 3.70. The molecule has 0 unspecified atom stereocenters. The Labute approximate surface area is 263 Å². The molecule has 10 nitrogen and oxygen atoms in total. The van der Waals surface area contributed by atoms with Crippen molar-refractivity contribution >= 4 is 17.7 Å². The number of rotatable bonds is 10. The first-order valence-corrected chi connectivity index (χ1v) is 15.6. The number of fused-ring (bicyclic) bond motifs is 3. The molecule has 0 amide bonds. The second kappa shape index (κ2) is 12.2. The number of hydrogen-bond acceptors (Lipinski definition) is 10. The molecule has 3 heterocycles. The van der Waals surface area contributed by atoms with Crippen molar-refractivity contribution in [3.63, 3.8) is 0 Å². The number of esters is 2. The van der Waals surface area contributed by atoms with E-state index < -0.39 is 47.1 Å². The molecule has 1 spiro atoms. The molecular weight excluding hydrogens is 578 g/mol. The van der Waals surface area contributed by atoms with E-state index in [9.17, 15) is 19.5 Å². The van der Waals surface area contributed by atoms with E-state index in [1.807, 2.05) is 56.3 Å². The van der Waals surface area contributed by atoms with Crippen LogP contribution in [0.3, 0.4) is 0 Å². The van der Waals surface area contributed by atoms with Crippen molar-refractivity contribution in [2.45, 2.75) is 87.7 Å². The lowest BCUT2D eigenvalue weighted by Gasteiger charge is -2.39. The number of benzene rings is 2. The van der Waals surface area contributed by atoms with Crippen molar-refractivity contribution in [1.82, 2.24) is 4.90 Å². The summed E-state index contributed by atoms with van der Waals surface area (Å²) in [6.07, 6.45) is 4.07. The van der Waals surface area contributed by atoms with Crippen LogP contribution < -0.4 is 9.47 Å². The Balaban J connectivity index is 1.25. The van der Waals surface area contributed by atoms with Gasteiger partial charge in [-0.25, -0.2) is 4.79 Å². The third-order valence-electron chi connectivity index (χ3n) is 9.67. The van der Waals surface area contributed by atoms with Gasteiger partial charge in [-0.15, -0.1) is 0 Å². The Kier molecular flexibility index (Phi) is 8.49. The summed E-state index contributed by atoms with van der Waals surface area (Å²) < 4.78 is 28.2. The van der Waals surface area contributed by atoms with E-state index in [-0.39, 0.29) is 25.4 Å². The molecular formula is C35H41NO9. The lowest BCUT2D eigenvalue weighted by atomic mass is 9.78. The van der Waals surface area contributed by atoms with Gasteiger partial charge < -0.3 is 28.8 Å². The lowest BCUT2D eigenvalue weighted by molar-refractivity contribution is -0.178. The maximum Gasteiger partial charge on any atom is 0.339 e. The van der Waals surface area contributed by atoms with E-state index in [4.69, 9.17) is 23.7 Å². The summed E-state index contributed by atoms with van der Waals surface area (Å²) in [4.78, 5) is 42.4. The molecule has 1 saturated carbocycles. The number of methoxy groups -OCH3 is 1. The van der Waals surface area contributed by atoms with Gasteiger partial charge in [0.15, 0.2) is 29.0 Å². The van der Waals surface area contributed by atoms with Gasteiger partial charge >= 0.3 is 11.9 Å². The van der Waals surface area contributed by atoms with Crippen LogP contribution in [0.15, 0.2) is 54.6 Å². The van der Waals surface area contributed by atoms with Crippen LogP contribution in [0.4, 0.5) is 0 Å². The van der Waals surface area contributed by atoms with E-state index in [2.05, 4.69) is 4.90 Å². The minimum Gasteiger partial charge on any atom is -0.469 e. The van der Waals surface area contributed by atoms with Crippen LogP contribution in [0, 0.1) is 0 Å². The Bertz CT molecular complexity index is 1490. The standard InChI is InChI=1S/C35H41NO9/c1-33(2,44-21-23-9-5-4-6-10-23)12-7-14-35(40,20-29(38)41-3)32(39)45-31-26(37)19-34-13-8-15-36(34)16-11-24-17-27-28(43-22-42-27)18-25(24)30(31)34/h4-7,9-10,12,17-18,30-31,40H,8,11,13-16,19-22H2,1-3H3/b12-7+/t30-,31-,34+,35-/m1/s1. The number of ketones is 1. The monoisotopic (exact) mass is 619 g/mol. The number of ether oxygens (including phenoxy) is 5. The minimum atomic E-state index is -2.26. The highest BCUT2D eigenvalue weighted by Crippen LogP contribution is 2.55. The minimum absolute atomic E-state index is 0.125. The van der Waals surface area contributed by atoms with Gasteiger partial charge in [-0.2, -0.15) is 0 Å². The summed E-state index contributed by atoms with van der Waals surface area (Å²) in [7, 11) is 1.19. The molecule has 1 aliphatic carbocycles. The molecule has 1 saturated heterocycles. The fraction of sp³-hybridized carbons (Fsp3) is 0.514. The largest absolute Gasteiger partial charge is 0.469 e. The molecule has 6 rings (SSSR count). The van der Waals surface area contributed by atoms with Gasteiger partial charge in [-0.3, -0.25) is 14.5 Å². The maximum atomic E-state index is 13.9. The van der Waals surface area contributed by atoms with Crippen LogP contribution in [0.2, 0.25) is 0 Å². The molecule has 1 N–H and O–H groups in total. The molecule has 240 valence electrons. The Morgan fingerprint density at radius 2 is 1.89 bits per heavy atom. The predicted molar refractivity (Wildman–Crippen MR) is 163 cm³/mol. The Hall–Kier alpha value is -3.73. The second-order valence-corrected chi connectivity index (χ2v) is 13.1. The van der Waals surface area contributed by atoms with Gasteiger partial charge in [0, 0.05) is 30.8 Å². The van der Waals surface area contributed by atoms with E-state index in [0.29, 0.717) is 18.1 Å². The van der Waals surface area contributed by atoms with Gasteiger partial charge in [-0.05, 0) is 68.5 Å². The first-order valence-electron chi connectivity index (χ1n) is 15.6. The molecule has 2 aromatic carbocycles. The van der Waals surface area contributed by atoms with Crippen molar-refractivity contribution in [3.8, 4) is 11.5 Å². The summed E-state index contributed by atoms with van der Waals surface area (Å²) in [5.74, 6) is -1.19. The lowest BCUT2D eigenvalue weighted by Crippen LogP contribution is -2.48. The normalized spacial score (nSPS) is 25.3. The third-order valence-corrected chi connectivity index (χ3v) is 9.67. The van der Waals surface area contributed by atoms with E-state index in [0.717, 1.165) is 49.0 Å². The number of carbonyl (C=O) groups is 3. The first kappa shape index (κ1) is 31.3. The molecule has 45 heavy (non-hydrogen) atoms. The van der Waals surface area contributed by atoms with Gasteiger partial charge in [-0.1, -0.05) is 42.5 Å². The molecule has 2 fully saturated rings. The quantitative estimate of drug-likeness (QED) is 0.309. The molecule has 2 aromatic rings. The second-order valence-electron chi connectivity index (χ2n) is 13.1. The van der Waals surface area contributed by atoms with Crippen LogP contribution >= 0.6 is 0 Å². The van der Waals surface area contributed by atoms with Crippen molar-refractivity contribution in [2.75, 3.05) is 27.0 Å². The fourth-order valence-corrected chi connectivity index (χ4v) is 7.36. The number of hydrogen-bond donors (Lipinski definition) is 1. The molecule has 10 heteroatoms. The molecule has 0 bridgehead atoms. The predicted octanol–water partition coefficient (Wildman–Crippen LogP) is 4.01. The summed E-state index contributed by atoms with van der Waals surface area (Å²) >= 11 is 0. The molecule has 0 radical (unpaired) electrons. The highest BCUT2D eigenvalue weighted by atomic mass is 16.7. The number of aliphatic hydroxyl groups is 1. The van der Waals surface area contributed by atoms with Gasteiger partial charge in [0.05, 0.1) is 25.7 Å². The smallest absolute Gasteiger partial charge is 0.339 e. The van der Waals surface area contributed by atoms with Gasteiger partial charge in [0.1, 0.15) is 0 Å². The summed E-state index contributed by atoms with van der Waals surface area (Å²) in [6, 6.07) is 13.6. The van der Waals surface area contributed by atoms with Crippen LogP contribution in [0.25, 0.3) is 0 Å². The topological polar surface area (TPSA) is 121 Å². The van der Waals surface area contributed by atoms with Crippen molar-refractivity contribution < 1.29 is 43.2 Å². The first-order chi connectivity index (χ1) is 21.5. The zero-order chi connectivity index (χ0) is 31.8. The summed E-state index contributed by atoms with van der Waals surface area (Å²) in [6.45, 7) is 5.85. The van der Waals surface area contributed by atoms with Crippen LogP contribution in [-0.2, 0) is 41.6 Å². The van der Waals surface area contributed by atoms with E-state index in [1.165, 1.54) is 7.11 Å². The number of Topliss-reactive ketones (excluding diaryl/α,β-unsaturated/α-hetero) is 1. The summed E-state index contributed by atoms with van der Waals surface area (Å²) in [5.41, 5.74) is -0.551. The average molecular weight is 620 g/mol. The molecule has 4 aliphatic rings. The van der Waals surface area contributed by atoms with Crippen molar-refractivity contribution in [3.05, 3.63) is 71.3 Å². The van der Waals surface area contributed by atoms with E-state index >= 15 is 0 Å². The molecule has 4 atom stereocenters. The fourth-order valence-electron chi connectivity index (χ4n) is 7.36. The van der Waals surface area contributed by atoms with Crippen LogP contribution in [0.1, 0.15) is 68.6 Å². The van der Waals surface area contributed by atoms with Gasteiger partial charge in [0.25, 0.3) is 0 Å². The van der Waals surface area contributed by atoms with Crippen molar-refractivity contribution in [1.29, 1.82) is 0 Å². The maximum absolute atomic E-state index is 13.9. The SMILES string of the molecule is COC(=O)C[C@](O)(C/C=C/C(C)(C)OCc1ccccc1)C(=O)O[C@@H]1C(=O)C[C@]23CCCN2CCc2cc4c(cc2[C@H]13)OCO4. The third kappa shape index (κ3) is 6.11. The molecule has 0 aromatic heterocycles. The van der Waals surface area contributed by atoms with Gasteiger partial charge in [0.2, 0.25) is 6.79 Å². The highest BCUT2D eigenvalue weighted by Gasteiger charge is 2.61. The zero-order valence-electron chi connectivity index (χ0n) is 26.1. The van der Waals surface area contributed by atoms with E-state index in [1.54, 1.807) is 12.2 Å². The highest BCUT2D eigenvalue weighted by molar-refractivity contribution is 5.93. The Morgan fingerprint density at radius 3 is 2.64 bits per heavy atom. The zero-order valence-corrected chi connectivity index (χ0v) is 26.1. The Morgan fingerprint density at radius 1 is 1.13 bits per heavy atom. The van der Waals surface area contributed by atoms with Crippen LogP contribution in [-0.4, -0.2) is 77.6 Å². The number of nitrogens with zero attached hydrogens (tertiary/aromatic N) is 1. The van der Waals surface area contributed by atoms with Crippen LogP contribution in [0.5, 0.6) is 11.5 Å².